The molecule has 38 heavy (non-hydrogen) atoms. The Bertz CT molecular complexity index is 1410. The van der Waals surface area contributed by atoms with Crippen LogP contribution in [-0.4, -0.2) is 41.5 Å². The molecular formula is C28H26BrFN2O5S. The van der Waals surface area contributed by atoms with Gasteiger partial charge in [-0.1, -0.05) is 30.3 Å². The molecule has 1 aliphatic heterocycles. The van der Waals surface area contributed by atoms with Crippen molar-refractivity contribution in [3.63, 3.8) is 0 Å². The quantitative estimate of drug-likeness (QED) is 0.197. The molecule has 2 atom stereocenters. The number of hydrogen-bond donors (Lipinski definition) is 0. The Morgan fingerprint density at radius 3 is 2.76 bits per heavy atom. The zero-order chi connectivity index (χ0) is 26.5. The van der Waals surface area contributed by atoms with Gasteiger partial charge in [0.15, 0.2) is 6.29 Å². The Hall–Kier alpha value is -3.08. The van der Waals surface area contributed by atoms with Crippen LogP contribution in [-0.2, 0) is 20.7 Å². The summed E-state index contributed by atoms with van der Waals surface area (Å²) in [5.74, 6) is 0.0680. The number of esters is 1. The minimum absolute atomic E-state index is 0.208. The summed E-state index contributed by atoms with van der Waals surface area (Å²) < 4.78 is 37.7. The van der Waals surface area contributed by atoms with Crippen LogP contribution in [0.1, 0.15) is 31.7 Å². The van der Waals surface area contributed by atoms with Gasteiger partial charge >= 0.3 is 5.97 Å². The van der Waals surface area contributed by atoms with Crippen molar-refractivity contribution in [2.45, 2.75) is 45.0 Å². The molecule has 2 aromatic carbocycles. The third kappa shape index (κ3) is 5.98. The Morgan fingerprint density at radius 2 is 2.00 bits per heavy atom. The predicted molar refractivity (Wildman–Crippen MR) is 146 cm³/mol. The molecule has 10 heteroatoms. The first kappa shape index (κ1) is 26.5. The molecule has 0 saturated carbocycles. The first-order valence-corrected chi connectivity index (χ1v) is 14.0. The van der Waals surface area contributed by atoms with E-state index in [-0.39, 0.29) is 31.0 Å². The average Bonchev–Trinajstić information content (AvgIpc) is 3.27. The topological polar surface area (TPSA) is 79.8 Å². The van der Waals surface area contributed by atoms with Crippen LogP contribution in [0.15, 0.2) is 59.3 Å². The molecule has 1 unspecified atom stereocenters. The average molecular weight is 601 g/mol. The zero-order valence-corrected chi connectivity index (χ0v) is 23.1. The van der Waals surface area contributed by atoms with E-state index in [1.807, 2.05) is 24.3 Å². The summed E-state index contributed by atoms with van der Waals surface area (Å²) in [6.07, 6.45) is 3.18. The van der Waals surface area contributed by atoms with Crippen molar-refractivity contribution in [1.82, 2.24) is 9.97 Å². The second-order valence-electron chi connectivity index (χ2n) is 8.70. The zero-order valence-electron chi connectivity index (χ0n) is 20.7. The maximum atomic E-state index is 13.5. The highest BCUT2D eigenvalue weighted by Crippen LogP contribution is 2.44. The molecule has 0 spiro atoms. The van der Waals surface area contributed by atoms with Crippen molar-refractivity contribution >= 4 is 43.5 Å². The van der Waals surface area contributed by atoms with Crippen molar-refractivity contribution in [3.8, 4) is 22.1 Å². The number of benzene rings is 2. The molecule has 1 fully saturated rings. The first-order valence-electron chi connectivity index (χ1n) is 12.4. The maximum absolute atomic E-state index is 13.5. The SMILES string of the molecule is CCOC(=O)[C@H](Cc1ccccc1OC1CCCCO1)Oc1ncnc2sc(-c3ccc(F)cc3)c(Br)c12. The fraction of sp³-hybridized carbons (Fsp3) is 0.321. The van der Waals surface area contributed by atoms with E-state index < -0.39 is 12.1 Å². The molecule has 0 radical (unpaired) electrons. The highest BCUT2D eigenvalue weighted by atomic mass is 79.9. The fourth-order valence-electron chi connectivity index (χ4n) is 4.23. The second-order valence-corrected chi connectivity index (χ2v) is 10.5. The van der Waals surface area contributed by atoms with Gasteiger partial charge in [0.25, 0.3) is 0 Å². The van der Waals surface area contributed by atoms with Crippen LogP contribution in [0, 0.1) is 5.82 Å². The number of aromatic nitrogens is 2. The number of hydrogen-bond acceptors (Lipinski definition) is 8. The molecule has 0 aliphatic carbocycles. The van der Waals surface area contributed by atoms with Gasteiger partial charge in [0.1, 0.15) is 22.7 Å². The minimum atomic E-state index is -0.980. The number of thiophene rings is 1. The monoisotopic (exact) mass is 600 g/mol. The summed E-state index contributed by atoms with van der Waals surface area (Å²) in [6, 6.07) is 13.8. The molecule has 5 rings (SSSR count). The van der Waals surface area contributed by atoms with Gasteiger partial charge in [-0.2, -0.15) is 0 Å². The third-order valence-electron chi connectivity index (χ3n) is 6.08. The fourth-order valence-corrected chi connectivity index (χ4v) is 6.22. The van der Waals surface area contributed by atoms with E-state index in [9.17, 15) is 9.18 Å². The van der Waals surface area contributed by atoms with Crippen LogP contribution in [0.5, 0.6) is 11.6 Å². The molecule has 0 N–H and O–H groups in total. The van der Waals surface area contributed by atoms with Gasteiger partial charge in [0.05, 0.1) is 27.9 Å². The Morgan fingerprint density at radius 1 is 1.18 bits per heavy atom. The molecular weight excluding hydrogens is 575 g/mol. The van der Waals surface area contributed by atoms with Gasteiger partial charge < -0.3 is 18.9 Å². The maximum Gasteiger partial charge on any atom is 0.347 e. The second kappa shape index (κ2) is 12.2. The third-order valence-corrected chi connectivity index (χ3v) is 8.28. The lowest BCUT2D eigenvalue weighted by atomic mass is 10.1. The molecule has 0 amide bonds. The van der Waals surface area contributed by atoms with E-state index in [1.165, 1.54) is 29.8 Å². The molecule has 1 saturated heterocycles. The normalized spacial score (nSPS) is 16.2. The van der Waals surface area contributed by atoms with E-state index in [0.717, 1.165) is 35.3 Å². The molecule has 7 nitrogen and oxygen atoms in total. The van der Waals surface area contributed by atoms with Crippen LogP contribution in [0.25, 0.3) is 20.7 Å². The standard InChI is InChI=1S/C28H26BrFN2O5S/c1-2-34-28(33)21(15-18-7-3-4-8-20(18)36-22-9-5-6-14-35-22)37-26-23-24(29)25(38-27(23)32-16-31-26)17-10-12-19(30)13-11-17/h3-4,7-8,10-13,16,21-22H,2,5-6,9,14-15H2,1H3/t21-,22?/m0/s1. The molecule has 3 heterocycles. The number of ether oxygens (including phenoxy) is 4. The number of carbonyl (C=O) groups is 1. The number of halogens is 2. The lowest BCUT2D eigenvalue weighted by molar-refractivity contribution is -0.151. The van der Waals surface area contributed by atoms with Gasteiger partial charge in [-0.25, -0.2) is 19.2 Å². The lowest BCUT2D eigenvalue weighted by Gasteiger charge is -2.25. The van der Waals surface area contributed by atoms with Gasteiger partial charge in [-0.3, -0.25) is 0 Å². The Balaban J connectivity index is 1.45. The van der Waals surface area contributed by atoms with E-state index in [4.69, 9.17) is 18.9 Å². The number of fused-ring (bicyclic) bond motifs is 1. The van der Waals surface area contributed by atoms with E-state index in [2.05, 4.69) is 25.9 Å². The highest BCUT2D eigenvalue weighted by Gasteiger charge is 2.28. The van der Waals surface area contributed by atoms with E-state index >= 15 is 0 Å². The van der Waals surface area contributed by atoms with Gasteiger partial charge in [-0.05, 0) is 65.0 Å². The molecule has 0 bridgehead atoms. The summed E-state index contributed by atoms with van der Waals surface area (Å²) in [4.78, 5) is 23.3. The number of para-hydroxylation sites is 1. The smallest absolute Gasteiger partial charge is 0.347 e. The Labute approximate surface area is 232 Å². The van der Waals surface area contributed by atoms with Crippen molar-refractivity contribution in [2.24, 2.45) is 0 Å². The van der Waals surface area contributed by atoms with Gasteiger partial charge in [-0.15, -0.1) is 11.3 Å². The van der Waals surface area contributed by atoms with E-state index in [0.29, 0.717) is 27.0 Å². The number of nitrogens with zero attached hydrogens (tertiary/aromatic N) is 2. The van der Waals surface area contributed by atoms with Crippen molar-refractivity contribution in [1.29, 1.82) is 0 Å². The minimum Gasteiger partial charge on any atom is -0.465 e. The summed E-state index contributed by atoms with van der Waals surface area (Å²) in [7, 11) is 0. The van der Waals surface area contributed by atoms with Crippen LogP contribution in [0.2, 0.25) is 0 Å². The van der Waals surface area contributed by atoms with Crippen LogP contribution in [0.3, 0.4) is 0 Å². The van der Waals surface area contributed by atoms with Crippen LogP contribution < -0.4 is 9.47 Å². The van der Waals surface area contributed by atoms with Crippen LogP contribution in [0.4, 0.5) is 4.39 Å². The van der Waals surface area contributed by atoms with Gasteiger partial charge in [0, 0.05) is 12.8 Å². The Kier molecular flexibility index (Phi) is 8.51. The summed E-state index contributed by atoms with van der Waals surface area (Å²) in [5.41, 5.74) is 1.62. The number of rotatable bonds is 9. The summed E-state index contributed by atoms with van der Waals surface area (Å²) in [6.45, 7) is 2.63. The molecule has 4 aromatic rings. The molecule has 198 valence electrons. The first-order chi connectivity index (χ1) is 18.5. The van der Waals surface area contributed by atoms with Crippen LogP contribution >= 0.6 is 27.3 Å². The van der Waals surface area contributed by atoms with Crippen molar-refractivity contribution < 1.29 is 28.1 Å². The summed E-state index contributed by atoms with van der Waals surface area (Å²) >= 11 is 5.07. The summed E-state index contributed by atoms with van der Waals surface area (Å²) in [5, 5.41) is 0.631. The molecule has 1 aliphatic rings. The highest BCUT2D eigenvalue weighted by molar-refractivity contribution is 9.10. The lowest BCUT2D eigenvalue weighted by Crippen LogP contribution is -2.32. The van der Waals surface area contributed by atoms with Gasteiger partial charge in [0.2, 0.25) is 12.0 Å². The number of carbonyl (C=O) groups excluding carboxylic acids is 1. The van der Waals surface area contributed by atoms with E-state index in [1.54, 1.807) is 19.1 Å². The molecule has 2 aromatic heterocycles. The largest absolute Gasteiger partial charge is 0.465 e. The van der Waals surface area contributed by atoms with Crippen molar-refractivity contribution in [3.05, 3.63) is 70.7 Å². The predicted octanol–water partition coefficient (Wildman–Crippen LogP) is 6.72. The van der Waals surface area contributed by atoms with Crippen molar-refractivity contribution in [2.75, 3.05) is 13.2 Å².